The SMILES string of the molecule is CCCCCc1ccc(/C=C/C(=O)Nc2cccc3c2OC(c2nnn[nH]2)CO3)cc1. The van der Waals surface area contributed by atoms with E-state index < -0.39 is 6.10 Å². The molecule has 8 nitrogen and oxygen atoms in total. The Balaban J connectivity index is 1.39. The summed E-state index contributed by atoms with van der Waals surface area (Å²) in [7, 11) is 0. The number of ether oxygens (including phenoxy) is 2. The maximum atomic E-state index is 12.5. The molecule has 2 heterocycles. The number of unbranched alkanes of at least 4 members (excludes halogenated alkanes) is 2. The van der Waals surface area contributed by atoms with Gasteiger partial charge in [0.2, 0.25) is 5.91 Å². The first-order chi connectivity index (χ1) is 15.2. The first-order valence-electron chi connectivity index (χ1n) is 10.5. The van der Waals surface area contributed by atoms with E-state index in [1.165, 1.54) is 30.9 Å². The van der Waals surface area contributed by atoms with Crippen molar-refractivity contribution in [3.05, 3.63) is 65.5 Å². The molecule has 160 valence electrons. The van der Waals surface area contributed by atoms with Crippen LogP contribution in [0.2, 0.25) is 0 Å². The lowest BCUT2D eigenvalue weighted by molar-refractivity contribution is -0.111. The predicted octanol–water partition coefficient (Wildman–Crippen LogP) is 4.10. The number of nitrogens with one attached hydrogen (secondary N) is 2. The number of carbonyl (C=O) groups excluding carboxylic acids is 1. The number of hydrogen-bond donors (Lipinski definition) is 2. The molecule has 1 amide bonds. The van der Waals surface area contributed by atoms with E-state index in [2.05, 4.69) is 45.0 Å². The van der Waals surface area contributed by atoms with Crippen molar-refractivity contribution in [3.8, 4) is 11.5 Å². The molecular weight excluding hydrogens is 394 g/mol. The van der Waals surface area contributed by atoms with Crippen LogP contribution >= 0.6 is 0 Å². The van der Waals surface area contributed by atoms with Gasteiger partial charge in [-0.15, -0.1) is 5.10 Å². The molecule has 31 heavy (non-hydrogen) atoms. The van der Waals surface area contributed by atoms with Crippen LogP contribution in [0.3, 0.4) is 0 Å². The van der Waals surface area contributed by atoms with Crippen LogP contribution in [-0.2, 0) is 11.2 Å². The molecule has 1 unspecified atom stereocenters. The van der Waals surface area contributed by atoms with E-state index >= 15 is 0 Å². The van der Waals surface area contributed by atoms with Gasteiger partial charge < -0.3 is 14.8 Å². The van der Waals surface area contributed by atoms with Crippen molar-refractivity contribution >= 4 is 17.7 Å². The van der Waals surface area contributed by atoms with Crippen LogP contribution in [0.25, 0.3) is 6.08 Å². The van der Waals surface area contributed by atoms with E-state index in [0.717, 1.165) is 12.0 Å². The van der Waals surface area contributed by atoms with E-state index in [-0.39, 0.29) is 12.5 Å². The third kappa shape index (κ3) is 5.28. The smallest absolute Gasteiger partial charge is 0.248 e. The zero-order chi connectivity index (χ0) is 21.5. The molecule has 0 fully saturated rings. The molecule has 0 saturated heterocycles. The van der Waals surface area contributed by atoms with Crippen molar-refractivity contribution in [1.82, 2.24) is 20.6 Å². The molecule has 4 rings (SSSR count). The summed E-state index contributed by atoms with van der Waals surface area (Å²) in [5.41, 5.74) is 2.82. The second-order valence-electron chi connectivity index (χ2n) is 7.36. The van der Waals surface area contributed by atoms with Crippen molar-refractivity contribution in [2.45, 2.75) is 38.7 Å². The number of aromatic nitrogens is 4. The number of amides is 1. The lowest BCUT2D eigenvalue weighted by Gasteiger charge is -2.26. The second-order valence-corrected chi connectivity index (χ2v) is 7.36. The van der Waals surface area contributed by atoms with Gasteiger partial charge in [0.05, 0.1) is 5.69 Å². The van der Waals surface area contributed by atoms with Gasteiger partial charge in [0.1, 0.15) is 6.61 Å². The average molecular weight is 419 g/mol. The summed E-state index contributed by atoms with van der Waals surface area (Å²) in [4.78, 5) is 12.5. The average Bonchev–Trinajstić information content (AvgIpc) is 3.34. The predicted molar refractivity (Wildman–Crippen MR) is 117 cm³/mol. The Kier molecular flexibility index (Phi) is 6.56. The minimum atomic E-state index is -0.480. The summed E-state index contributed by atoms with van der Waals surface area (Å²) in [6.07, 6.45) is 7.57. The Morgan fingerprint density at radius 2 is 2.10 bits per heavy atom. The number of benzene rings is 2. The van der Waals surface area contributed by atoms with Crippen molar-refractivity contribution < 1.29 is 14.3 Å². The molecular formula is C23H25N5O3. The molecule has 0 saturated carbocycles. The monoisotopic (exact) mass is 419 g/mol. The molecule has 1 aliphatic heterocycles. The summed E-state index contributed by atoms with van der Waals surface area (Å²) < 4.78 is 11.7. The zero-order valence-electron chi connectivity index (χ0n) is 17.4. The molecule has 1 aliphatic rings. The zero-order valence-corrected chi connectivity index (χ0v) is 17.4. The molecule has 0 radical (unpaired) electrons. The fraction of sp³-hybridized carbons (Fsp3) is 0.304. The van der Waals surface area contributed by atoms with Crippen molar-refractivity contribution in [2.24, 2.45) is 0 Å². The number of hydrogen-bond acceptors (Lipinski definition) is 6. The fourth-order valence-electron chi connectivity index (χ4n) is 3.35. The van der Waals surface area contributed by atoms with E-state index in [1.807, 2.05) is 12.1 Å². The number of tetrazole rings is 1. The van der Waals surface area contributed by atoms with E-state index in [9.17, 15) is 4.79 Å². The van der Waals surface area contributed by atoms with E-state index in [0.29, 0.717) is 23.0 Å². The Hall–Kier alpha value is -3.68. The lowest BCUT2D eigenvalue weighted by Crippen LogP contribution is -2.24. The summed E-state index contributed by atoms with van der Waals surface area (Å²) in [5.74, 6) is 1.22. The van der Waals surface area contributed by atoms with Crippen LogP contribution in [0.1, 0.15) is 49.2 Å². The topological polar surface area (TPSA) is 102 Å². The van der Waals surface area contributed by atoms with Gasteiger partial charge in [-0.2, -0.15) is 0 Å². The van der Waals surface area contributed by atoms with Gasteiger partial charge in [-0.25, -0.2) is 5.10 Å². The Morgan fingerprint density at radius 3 is 2.87 bits per heavy atom. The van der Waals surface area contributed by atoms with Crippen LogP contribution in [0, 0.1) is 0 Å². The molecule has 2 N–H and O–H groups in total. The van der Waals surface area contributed by atoms with E-state index in [1.54, 1.807) is 24.3 Å². The number of fused-ring (bicyclic) bond motifs is 1. The van der Waals surface area contributed by atoms with Crippen LogP contribution in [0.15, 0.2) is 48.5 Å². The first-order valence-corrected chi connectivity index (χ1v) is 10.5. The Morgan fingerprint density at radius 1 is 1.23 bits per heavy atom. The molecule has 1 aromatic heterocycles. The summed E-state index contributed by atoms with van der Waals surface area (Å²) >= 11 is 0. The molecule has 3 aromatic rings. The number of H-pyrrole nitrogens is 1. The highest BCUT2D eigenvalue weighted by molar-refractivity contribution is 6.03. The van der Waals surface area contributed by atoms with Gasteiger partial charge in [0.25, 0.3) is 0 Å². The van der Waals surface area contributed by atoms with Crippen molar-refractivity contribution in [2.75, 3.05) is 11.9 Å². The molecule has 1 atom stereocenters. The molecule has 0 spiro atoms. The number of anilines is 1. The standard InChI is InChI=1S/C23H25N5O3/c1-2-3-4-6-16-9-11-17(12-10-16)13-14-21(29)24-18-7-5-8-19-22(18)31-20(15-30-19)23-25-27-28-26-23/h5,7-14,20H,2-4,6,15H2,1H3,(H,24,29)(H,25,26,27,28)/b14-13+. The van der Waals surface area contributed by atoms with Gasteiger partial charge in [-0.1, -0.05) is 50.1 Å². The summed E-state index contributed by atoms with van der Waals surface area (Å²) in [5, 5.41) is 16.5. The minimum absolute atomic E-state index is 0.257. The van der Waals surface area contributed by atoms with E-state index in [4.69, 9.17) is 9.47 Å². The van der Waals surface area contributed by atoms with Gasteiger partial charge >= 0.3 is 0 Å². The highest BCUT2D eigenvalue weighted by Gasteiger charge is 2.27. The van der Waals surface area contributed by atoms with Gasteiger partial charge in [0, 0.05) is 6.08 Å². The molecule has 0 aliphatic carbocycles. The highest BCUT2D eigenvalue weighted by Crippen LogP contribution is 2.41. The summed E-state index contributed by atoms with van der Waals surface area (Å²) in [6, 6.07) is 13.6. The number of aryl methyl sites for hydroxylation is 1. The number of para-hydroxylation sites is 1. The second kappa shape index (κ2) is 9.88. The van der Waals surface area contributed by atoms with Crippen LogP contribution in [0.4, 0.5) is 5.69 Å². The normalized spacial score (nSPS) is 15.2. The number of aromatic amines is 1. The van der Waals surface area contributed by atoms with Crippen LogP contribution in [-0.4, -0.2) is 33.1 Å². The van der Waals surface area contributed by atoms with Crippen LogP contribution in [0.5, 0.6) is 11.5 Å². The quantitative estimate of drug-likeness (QED) is 0.421. The Bertz CT molecular complexity index is 1030. The maximum absolute atomic E-state index is 12.5. The number of rotatable bonds is 8. The minimum Gasteiger partial charge on any atom is -0.485 e. The van der Waals surface area contributed by atoms with Crippen molar-refractivity contribution in [1.29, 1.82) is 0 Å². The third-order valence-electron chi connectivity index (χ3n) is 5.03. The van der Waals surface area contributed by atoms with Gasteiger partial charge in [0.15, 0.2) is 23.4 Å². The lowest BCUT2D eigenvalue weighted by atomic mass is 10.1. The van der Waals surface area contributed by atoms with Crippen LogP contribution < -0.4 is 14.8 Å². The summed E-state index contributed by atoms with van der Waals surface area (Å²) in [6.45, 7) is 2.48. The highest BCUT2D eigenvalue weighted by atomic mass is 16.6. The fourth-order valence-corrected chi connectivity index (χ4v) is 3.35. The maximum Gasteiger partial charge on any atom is 0.248 e. The van der Waals surface area contributed by atoms with Crippen molar-refractivity contribution in [3.63, 3.8) is 0 Å². The largest absolute Gasteiger partial charge is 0.485 e. The number of carbonyl (C=O) groups is 1. The van der Waals surface area contributed by atoms with Gasteiger partial charge in [-0.05, 0) is 52.6 Å². The Labute approximate surface area is 180 Å². The first kappa shape index (κ1) is 20.6. The third-order valence-corrected chi connectivity index (χ3v) is 5.03. The van der Waals surface area contributed by atoms with Gasteiger partial charge in [-0.3, -0.25) is 4.79 Å². The molecule has 0 bridgehead atoms. The molecule has 8 heteroatoms. The number of nitrogens with zero attached hydrogens (tertiary/aromatic N) is 3. The molecule has 2 aromatic carbocycles.